The lowest BCUT2D eigenvalue weighted by molar-refractivity contribution is 0.621. The summed E-state index contributed by atoms with van der Waals surface area (Å²) in [5.74, 6) is 1.24. The van der Waals surface area contributed by atoms with Crippen molar-refractivity contribution in [2.24, 2.45) is 0 Å². The number of nitrogens with two attached hydrogens (primary N) is 1. The van der Waals surface area contributed by atoms with Crippen LogP contribution in [-0.2, 0) is 6.54 Å². The molecule has 86 valence electrons. The molecule has 1 fully saturated rings. The molecule has 0 spiro atoms. The molecule has 16 heavy (non-hydrogen) atoms. The number of anilines is 1. The number of hydrogen-bond acceptors (Lipinski definition) is 3. The molecule has 1 aliphatic carbocycles. The van der Waals surface area contributed by atoms with Gasteiger partial charge in [-0.2, -0.15) is 10.2 Å². The number of nitrogens with one attached hydrogen (secondary N) is 1. The Balaban J connectivity index is 2.18. The highest BCUT2D eigenvalue weighted by Crippen LogP contribution is 2.38. The zero-order chi connectivity index (χ0) is 11.1. The molecule has 2 aromatic rings. The molecular weight excluding hydrogens is 202 g/mol. The predicted molar refractivity (Wildman–Crippen MR) is 63.2 cm³/mol. The summed E-state index contributed by atoms with van der Waals surface area (Å²) < 4.78 is 1.94. The van der Waals surface area contributed by atoms with Crippen LogP contribution in [0.3, 0.4) is 0 Å². The summed E-state index contributed by atoms with van der Waals surface area (Å²) in [4.78, 5) is 0. The van der Waals surface area contributed by atoms with Crippen molar-refractivity contribution in [3.63, 3.8) is 0 Å². The van der Waals surface area contributed by atoms with Crippen molar-refractivity contribution in [2.75, 3.05) is 5.73 Å². The summed E-state index contributed by atoms with van der Waals surface area (Å²) in [6.07, 6.45) is 5.09. The zero-order valence-corrected chi connectivity index (χ0v) is 9.53. The largest absolute Gasteiger partial charge is 0.383 e. The quantitative estimate of drug-likeness (QED) is 0.811. The van der Waals surface area contributed by atoms with Gasteiger partial charge in [0.1, 0.15) is 5.82 Å². The van der Waals surface area contributed by atoms with Crippen LogP contribution < -0.4 is 5.73 Å². The molecular formula is C11H17N5. The fourth-order valence-corrected chi connectivity index (χ4v) is 2.72. The van der Waals surface area contributed by atoms with E-state index in [4.69, 9.17) is 5.73 Å². The van der Waals surface area contributed by atoms with Gasteiger partial charge in [0.2, 0.25) is 0 Å². The highest BCUT2D eigenvalue weighted by Gasteiger charge is 2.25. The molecule has 2 aromatic heterocycles. The van der Waals surface area contributed by atoms with Crippen LogP contribution in [0.5, 0.6) is 0 Å². The lowest BCUT2D eigenvalue weighted by atomic mass is 10.0. The molecule has 2 heterocycles. The van der Waals surface area contributed by atoms with Crippen molar-refractivity contribution in [2.45, 2.75) is 45.1 Å². The van der Waals surface area contributed by atoms with Crippen molar-refractivity contribution in [3.8, 4) is 0 Å². The fourth-order valence-electron chi connectivity index (χ4n) is 2.72. The first kappa shape index (κ1) is 9.69. The second kappa shape index (κ2) is 3.50. The van der Waals surface area contributed by atoms with Gasteiger partial charge in [-0.3, -0.25) is 5.10 Å². The Bertz CT molecular complexity index is 504. The van der Waals surface area contributed by atoms with Crippen LogP contribution in [0.4, 0.5) is 5.82 Å². The van der Waals surface area contributed by atoms with Crippen molar-refractivity contribution in [1.29, 1.82) is 0 Å². The second-order valence-corrected chi connectivity index (χ2v) is 4.52. The van der Waals surface area contributed by atoms with E-state index in [1.165, 1.54) is 25.7 Å². The highest BCUT2D eigenvalue weighted by atomic mass is 15.3. The SMILES string of the molecule is CCn1nc(C2CCCC2)c2c(N)[nH]nc21. The number of aromatic nitrogens is 4. The Kier molecular flexibility index (Phi) is 2.12. The number of fused-ring (bicyclic) bond motifs is 1. The van der Waals surface area contributed by atoms with Gasteiger partial charge in [-0.05, 0) is 19.8 Å². The van der Waals surface area contributed by atoms with Gasteiger partial charge in [-0.25, -0.2) is 4.68 Å². The Morgan fingerprint density at radius 1 is 1.44 bits per heavy atom. The van der Waals surface area contributed by atoms with Gasteiger partial charge in [-0.15, -0.1) is 0 Å². The van der Waals surface area contributed by atoms with Gasteiger partial charge >= 0.3 is 0 Å². The normalized spacial score (nSPS) is 17.6. The highest BCUT2D eigenvalue weighted by molar-refractivity contribution is 5.89. The standard InChI is InChI=1S/C11H17N5/c1-2-16-11-8(10(12)13-14-11)9(15-16)7-5-3-4-6-7/h7H,2-6H2,1H3,(H3,12,13,14). The number of nitrogen functional groups attached to an aromatic ring is 1. The van der Waals surface area contributed by atoms with E-state index in [-0.39, 0.29) is 0 Å². The maximum Gasteiger partial charge on any atom is 0.182 e. The van der Waals surface area contributed by atoms with Crippen LogP contribution in [0.25, 0.3) is 11.0 Å². The number of aromatic amines is 1. The topological polar surface area (TPSA) is 72.5 Å². The van der Waals surface area contributed by atoms with Gasteiger partial charge < -0.3 is 5.73 Å². The van der Waals surface area contributed by atoms with Gasteiger partial charge in [0, 0.05) is 12.5 Å². The van der Waals surface area contributed by atoms with Gasteiger partial charge in [-0.1, -0.05) is 12.8 Å². The summed E-state index contributed by atoms with van der Waals surface area (Å²) in [5.41, 5.74) is 8.00. The zero-order valence-electron chi connectivity index (χ0n) is 9.53. The number of rotatable bonds is 2. The van der Waals surface area contributed by atoms with Gasteiger partial charge in [0.05, 0.1) is 11.1 Å². The molecule has 5 heteroatoms. The number of aryl methyl sites for hydroxylation is 1. The molecule has 0 bridgehead atoms. The molecule has 0 aliphatic heterocycles. The lowest BCUT2D eigenvalue weighted by Crippen LogP contribution is -2.01. The van der Waals surface area contributed by atoms with E-state index in [1.54, 1.807) is 0 Å². The maximum absolute atomic E-state index is 5.94. The van der Waals surface area contributed by atoms with Crippen molar-refractivity contribution >= 4 is 16.9 Å². The van der Waals surface area contributed by atoms with Crippen molar-refractivity contribution in [3.05, 3.63) is 5.69 Å². The summed E-state index contributed by atoms with van der Waals surface area (Å²) in [6, 6.07) is 0. The molecule has 0 unspecified atom stereocenters. The minimum absolute atomic E-state index is 0.579. The molecule has 0 saturated heterocycles. The average Bonchev–Trinajstić information content (AvgIpc) is 2.96. The van der Waals surface area contributed by atoms with Gasteiger partial charge in [0.15, 0.2) is 5.65 Å². The first-order valence-electron chi connectivity index (χ1n) is 6.01. The summed E-state index contributed by atoms with van der Waals surface area (Å²) in [6.45, 7) is 2.92. The Morgan fingerprint density at radius 2 is 2.19 bits per heavy atom. The third-order valence-electron chi connectivity index (χ3n) is 3.55. The van der Waals surface area contributed by atoms with Crippen LogP contribution >= 0.6 is 0 Å². The molecule has 1 saturated carbocycles. The van der Waals surface area contributed by atoms with Crippen LogP contribution in [-0.4, -0.2) is 20.0 Å². The summed E-state index contributed by atoms with van der Waals surface area (Å²) in [7, 11) is 0. The molecule has 3 N–H and O–H groups in total. The molecule has 1 aliphatic rings. The number of H-pyrrole nitrogens is 1. The Hall–Kier alpha value is -1.52. The first-order valence-corrected chi connectivity index (χ1v) is 6.01. The van der Waals surface area contributed by atoms with Crippen molar-refractivity contribution < 1.29 is 0 Å². The van der Waals surface area contributed by atoms with Crippen LogP contribution in [0.15, 0.2) is 0 Å². The maximum atomic E-state index is 5.94. The van der Waals surface area contributed by atoms with Crippen LogP contribution in [0.2, 0.25) is 0 Å². The van der Waals surface area contributed by atoms with E-state index in [2.05, 4.69) is 22.2 Å². The molecule has 5 nitrogen and oxygen atoms in total. The molecule has 0 aromatic carbocycles. The van der Waals surface area contributed by atoms with Crippen LogP contribution in [0, 0.1) is 0 Å². The smallest absolute Gasteiger partial charge is 0.182 e. The molecule has 3 rings (SSSR count). The van der Waals surface area contributed by atoms with E-state index in [1.807, 2.05) is 4.68 Å². The van der Waals surface area contributed by atoms with E-state index in [0.717, 1.165) is 23.3 Å². The van der Waals surface area contributed by atoms with Crippen molar-refractivity contribution in [1.82, 2.24) is 20.0 Å². The van der Waals surface area contributed by atoms with E-state index >= 15 is 0 Å². The third-order valence-corrected chi connectivity index (χ3v) is 3.55. The monoisotopic (exact) mass is 219 g/mol. The average molecular weight is 219 g/mol. The van der Waals surface area contributed by atoms with E-state index in [0.29, 0.717) is 11.7 Å². The van der Waals surface area contributed by atoms with Gasteiger partial charge in [0.25, 0.3) is 0 Å². The summed E-state index contributed by atoms with van der Waals surface area (Å²) in [5, 5.41) is 12.8. The van der Waals surface area contributed by atoms with E-state index in [9.17, 15) is 0 Å². The number of nitrogens with zero attached hydrogens (tertiary/aromatic N) is 3. The van der Waals surface area contributed by atoms with Crippen LogP contribution in [0.1, 0.15) is 44.2 Å². The fraction of sp³-hybridized carbons (Fsp3) is 0.636. The third kappa shape index (κ3) is 1.24. The molecule has 0 atom stereocenters. The molecule has 0 amide bonds. The van der Waals surface area contributed by atoms with E-state index < -0.39 is 0 Å². The number of hydrogen-bond donors (Lipinski definition) is 2. The minimum Gasteiger partial charge on any atom is -0.383 e. The Labute approximate surface area is 94.0 Å². The second-order valence-electron chi connectivity index (χ2n) is 4.52. The summed E-state index contributed by atoms with van der Waals surface area (Å²) >= 11 is 0. The first-order chi connectivity index (χ1) is 7.81. The predicted octanol–water partition coefficient (Wildman–Crippen LogP) is 2.02. The lowest BCUT2D eigenvalue weighted by Gasteiger charge is -2.04. The Morgan fingerprint density at radius 3 is 2.88 bits per heavy atom. The molecule has 0 radical (unpaired) electrons. The minimum atomic E-state index is 0.579.